The Morgan fingerprint density at radius 2 is 2.25 bits per heavy atom. The van der Waals surface area contributed by atoms with Crippen molar-refractivity contribution in [2.75, 3.05) is 0 Å². The first-order valence-corrected chi connectivity index (χ1v) is 5.32. The van der Waals surface area contributed by atoms with Crippen LogP contribution in [0.4, 0.5) is 0 Å². The number of aryl methyl sites for hydroxylation is 1. The Balaban J connectivity index is 2.87. The first-order valence-electron chi connectivity index (χ1n) is 3.45. The van der Waals surface area contributed by atoms with Gasteiger partial charge in [0.25, 0.3) is 0 Å². The summed E-state index contributed by atoms with van der Waals surface area (Å²) in [5.41, 5.74) is 1.17. The normalized spacial score (nSPS) is 10.9. The topological polar surface area (TPSA) is 17.8 Å². The van der Waals surface area contributed by atoms with E-state index in [9.17, 15) is 0 Å². The van der Waals surface area contributed by atoms with E-state index < -0.39 is 0 Å². The standard InChI is InChI=1S/C8H6BrIN2/c1-12-8-3-7(10)6(9)2-5(8)4-11-12/h2-4H,1H3. The monoisotopic (exact) mass is 336 g/mol. The van der Waals surface area contributed by atoms with Crippen LogP contribution < -0.4 is 0 Å². The minimum Gasteiger partial charge on any atom is -0.268 e. The van der Waals surface area contributed by atoms with E-state index >= 15 is 0 Å². The second-order valence-corrected chi connectivity index (χ2v) is 4.61. The van der Waals surface area contributed by atoms with Crippen LogP contribution >= 0.6 is 38.5 Å². The van der Waals surface area contributed by atoms with Gasteiger partial charge in [-0.15, -0.1) is 0 Å². The van der Waals surface area contributed by atoms with Gasteiger partial charge in [-0.25, -0.2) is 0 Å². The molecule has 0 bridgehead atoms. The molecule has 4 heteroatoms. The Morgan fingerprint density at radius 3 is 3.00 bits per heavy atom. The van der Waals surface area contributed by atoms with Crippen molar-refractivity contribution in [2.24, 2.45) is 7.05 Å². The number of nitrogens with zero attached hydrogens (tertiary/aromatic N) is 2. The average molecular weight is 337 g/mol. The molecule has 0 saturated carbocycles. The van der Waals surface area contributed by atoms with E-state index in [0.29, 0.717) is 0 Å². The number of aromatic nitrogens is 2. The fraction of sp³-hybridized carbons (Fsp3) is 0.125. The van der Waals surface area contributed by atoms with Crippen molar-refractivity contribution < 1.29 is 0 Å². The molecule has 0 amide bonds. The van der Waals surface area contributed by atoms with Gasteiger partial charge in [0, 0.05) is 20.5 Å². The van der Waals surface area contributed by atoms with Crippen LogP contribution in [0.3, 0.4) is 0 Å². The fourth-order valence-corrected chi connectivity index (χ4v) is 1.96. The molecule has 0 radical (unpaired) electrons. The van der Waals surface area contributed by atoms with E-state index in [1.807, 2.05) is 17.9 Å². The maximum Gasteiger partial charge on any atom is 0.0690 e. The lowest BCUT2D eigenvalue weighted by Crippen LogP contribution is -1.88. The summed E-state index contributed by atoms with van der Waals surface area (Å²) >= 11 is 5.78. The minimum absolute atomic E-state index is 1.13. The lowest BCUT2D eigenvalue weighted by Gasteiger charge is -1.97. The Labute approximate surface area is 92.2 Å². The van der Waals surface area contributed by atoms with Crippen molar-refractivity contribution in [1.82, 2.24) is 9.78 Å². The third-order valence-corrected chi connectivity index (χ3v) is 4.08. The molecule has 0 unspecified atom stereocenters. The molecule has 2 nitrogen and oxygen atoms in total. The molecule has 12 heavy (non-hydrogen) atoms. The summed E-state index contributed by atoms with van der Waals surface area (Å²) < 4.78 is 4.22. The molecule has 0 aliphatic carbocycles. The van der Waals surface area contributed by atoms with Gasteiger partial charge in [0.05, 0.1) is 11.7 Å². The Morgan fingerprint density at radius 1 is 1.50 bits per heavy atom. The second kappa shape index (κ2) is 2.99. The first-order chi connectivity index (χ1) is 5.68. The van der Waals surface area contributed by atoms with E-state index in [1.165, 1.54) is 14.5 Å². The summed E-state index contributed by atoms with van der Waals surface area (Å²) in [4.78, 5) is 0. The predicted molar refractivity (Wildman–Crippen MR) is 61.1 cm³/mol. The van der Waals surface area contributed by atoms with E-state index in [0.717, 1.165) is 4.47 Å². The second-order valence-electron chi connectivity index (χ2n) is 2.59. The van der Waals surface area contributed by atoms with Crippen LogP contribution in [-0.2, 0) is 7.05 Å². The summed E-state index contributed by atoms with van der Waals surface area (Å²) in [6, 6.07) is 4.21. The maximum atomic E-state index is 4.17. The zero-order valence-corrected chi connectivity index (χ0v) is 10.1. The summed E-state index contributed by atoms with van der Waals surface area (Å²) in [5, 5.41) is 5.34. The van der Waals surface area contributed by atoms with Crippen molar-refractivity contribution >= 4 is 49.4 Å². The lowest BCUT2D eigenvalue weighted by atomic mass is 10.3. The summed E-state index contributed by atoms with van der Waals surface area (Å²) in [5.74, 6) is 0. The summed E-state index contributed by atoms with van der Waals surface area (Å²) in [7, 11) is 1.95. The van der Waals surface area contributed by atoms with Gasteiger partial charge in [-0.1, -0.05) is 0 Å². The van der Waals surface area contributed by atoms with Crippen LogP contribution in [0.15, 0.2) is 22.8 Å². The number of halogens is 2. The molecule has 0 aliphatic heterocycles. The highest BCUT2D eigenvalue weighted by Gasteiger charge is 2.02. The van der Waals surface area contributed by atoms with Gasteiger partial charge in [0.2, 0.25) is 0 Å². The van der Waals surface area contributed by atoms with Crippen LogP contribution in [0.5, 0.6) is 0 Å². The molecule has 1 heterocycles. The van der Waals surface area contributed by atoms with Crippen molar-refractivity contribution in [3.63, 3.8) is 0 Å². The number of rotatable bonds is 0. The highest BCUT2D eigenvalue weighted by molar-refractivity contribution is 14.1. The van der Waals surface area contributed by atoms with Crippen LogP contribution in [0, 0.1) is 3.57 Å². The number of fused-ring (bicyclic) bond motifs is 1. The molecule has 2 rings (SSSR count). The van der Waals surface area contributed by atoms with Crippen molar-refractivity contribution in [3.8, 4) is 0 Å². The van der Waals surface area contributed by atoms with Gasteiger partial charge in [-0.2, -0.15) is 5.10 Å². The third-order valence-electron chi connectivity index (χ3n) is 1.79. The van der Waals surface area contributed by atoms with Gasteiger partial charge >= 0.3 is 0 Å². The first kappa shape index (κ1) is 8.50. The summed E-state index contributed by atoms with van der Waals surface area (Å²) in [6.07, 6.45) is 1.87. The molecule has 0 saturated heterocycles. The fourth-order valence-electron chi connectivity index (χ4n) is 1.15. The van der Waals surface area contributed by atoms with Gasteiger partial charge in [0.1, 0.15) is 0 Å². The SMILES string of the molecule is Cn1ncc2cc(Br)c(I)cc21. The van der Waals surface area contributed by atoms with Gasteiger partial charge < -0.3 is 0 Å². The molecule has 0 fully saturated rings. The molecule has 2 aromatic rings. The Hall–Kier alpha value is -0.100. The Kier molecular flexibility index (Phi) is 2.12. The highest BCUT2D eigenvalue weighted by atomic mass is 127. The van der Waals surface area contributed by atoms with Crippen molar-refractivity contribution in [2.45, 2.75) is 0 Å². The van der Waals surface area contributed by atoms with Crippen molar-refractivity contribution in [1.29, 1.82) is 0 Å². The Bertz CT molecular complexity index is 436. The molecule has 0 N–H and O–H groups in total. The molecule has 0 atom stereocenters. The minimum atomic E-state index is 1.13. The molecular weight excluding hydrogens is 331 g/mol. The highest BCUT2D eigenvalue weighted by Crippen LogP contribution is 2.24. The van der Waals surface area contributed by atoms with Crippen LogP contribution in [-0.4, -0.2) is 9.78 Å². The molecule has 0 spiro atoms. The van der Waals surface area contributed by atoms with Crippen molar-refractivity contribution in [3.05, 3.63) is 26.4 Å². The molecular formula is C8H6BrIN2. The molecule has 1 aromatic heterocycles. The van der Waals surface area contributed by atoms with Gasteiger partial charge in [-0.05, 0) is 50.7 Å². The average Bonchev–Trinajstić information content (AvgIpc) is 2.35. The van der Waals surface area contributed by atoms with E-state index in [-0.39, 0.29) is 0 Å². The quantitative estimate of drug-likeness (QED) is 0.676. The number of hydrogen-bond acceptors (Lipinski definition) is 1. The van der Waals surface area contributed by atoms with E-state index in [2.05, 4.69) is 55.8 Å². The summed E-state index contributed by atoms with van der Waals surface area (Å²) in [6.45, 7) is 0. The van der Waals surface area contributed by atoms with Gasteiger partial charge in [-0.3, -0.25) is 4.68 Å². The van der Waals surface area contributed by atoms with Crippen LogP contribution in [0.25, 0.3) is 10.9 Å². The predicted octanol–water partition coefficient (Wildman–Crippen LogP) is 2.94. The molecule has 1 aromatic carbocycles. The van der Waals surface area contributed by atoms with Crippen LogP contribution in [0.1, 0.15) is 0 Å². The smallest absolute Gasteiger partial charge is 0.0690 e. The lowest BCUT2D eigenvalue weighted by molar-refractivity contribution is 0.797. The maximum absolute atomic E-state index is 4.17. The number of benzene rings is 1. The van der Waals surface area contributed by atoms with E-state index in [1.54, 1.807) is 0 Å². The number of hydrogen-bond donors (Lipinski definition) is 0. The largest absolute Gasteiger partial charge is 0.268 e. The zero-order chi connectivity index (χ0) is 8.72. The van der Waals surface area contributed by atoms with Gasteiger partial charge in [0.15, 0.2) is 0 Å². The molecule has 62 valence electrons. The third kappa shape index (κ3) is 1.26. The van der Waals surface area contributed by atoms with E-state index in [4.69, 9.17) is 0 Å². The van der Waals surface area contributed by atoms with Crippen LogP contribution in [0.2, 0.25) is 0 Å². The zero-order valence-electron chi connectivity index (χ0n) is 6.38. The molecule has 0 aliphatic rings.